The Kier molecular flexibility index (Phi) is 6.35. The number of hydrogen-bond acceptors (Lipinski definition) is 5. The van der Waals surface area contributed by atoms with Gasteiger partial charge >= 0.3 is 0 Å². The van der Waals surface area contributed by atoms with Crippen LogP contribution in [0.4, 0.5) is 0 Å². The van der Waals surface area contributed by atoms with Gasteiger partial charge < -0.3 is 20.3 Å². The summed E-state index contributed by atoms with van der Waals surface area (Å²) in [5.74, 6) is 0.0959. The Balaban J connectivity index is 1.75. The average Bonchev–Trinajstić information content (AvgIpc) is 2.53. The Bertz CT molecular complexity index is 408. The topological polar surface area (TPSA) is 73.9 Å². The Morgan fingerprint density at radius 3 is 2.73 bits per heavy atom. The molecular weight excluding hydrogens is 284 g/mol. The maximum absolute atomic E-state index is 12.5. The number of ether oxygens (including phenoxy) is 1. The number of rotatable bonds is 5. The first-order valence-electron chi connectivity index (χ1n) is 7.85. The molecule has 7 nitrogen and oxygen atoms in total. The average molecular weight is 310 g/mol. The fraction of sp³-hybridized carbons (Fsp3) is 0.733. The summed E-state index contributed by atoms with van der Waals surface area (Å²) in [6.45, 7) is 10.5. The van der Waals surface area contributed by atoms with Gasteiger partial charge in [0.05, 0.1) is 19.3 Å². The second-order valence-corrected chi connectivity index (χ2v) is 5.70. The number of nitrogens with one attached hydrogen (secondary N) is 2. The highest BCUT2D eigenvalue weighted by molar-refractivity contribution is 5.83. The van der Waals surface area contributed by atoms with Crippen LogP contribution in [0.2, 0.25) is 0 Å². The van der Waals surface area contributed by atoms with Gasteiger partial charge in [-0.3, -0.25) is 14.5 Å². The van der Waals surface area contributed by atoms with Gasteiger partial charge in [-0.1, -0.05) is 6.08 Å². The molecule has 0 unspecified atom stereocenters. The van der Waals surface area contributed by atoms with Crippen molar-refractivity contribution in [3.8, 4) is 0 Å². The van der Waals surface area contributed by atoms with E-state index in [9.17, 15) is 9.59 Å². The molecule has 2 fully saturated rings. The predicted molar refractivity (Wildman–Crippen MR) is 83.4 cm³/mol. The van der Waals surface area contributed by atoms with Crippen LogP contribution < -0.4 is 10.6 Å². The van der Waals surface area contributed by atoms with Crippen molar-refractivity contribution in [3.63, 3.8) is 0 Å². The molecule has 0 spiro atoms. The van der Waals surface area contributed by atoms with E-state index in [2.05, 4.69) is 22.1 Å². The Morgan fingerprint density at radius 2 is 2.09 bits per heavy atom. The molecule has 0 aliphatic carbocycles. The van der Waals surface area contributed by atoms with Gasteiger partial charge in [0.15, 0.2) is 0 Å². The minimum absolute atomic E-state index is 0.00403. The highest BCUT2D eigenvalue weighted by Gasteiger charge is 2.33. The van der Waals surface area contributed by atoms with Crippen molar-refractivity contribution in [1.29, 1.82) is 0 Å². The molecule has 2 aliphatic rings. The Hall–Kier alpha value is -1.44. The van der Waals surface area contributed by atoms with Gasteiger partial charge in [-0.15, -0.1) is 6.58 Å². The quantitative estimate of drug-likeness (QED) is 0.625. The molecule has 2 N–H and O–H groups in total. The van der Waals surface area contributed by atoms with E-state index in [4.69, 9.17) is 4.74 Å². The maximum atomic E-state index is 12.5. The lowest BCUT2D eigenvalue weighted by atomic mass is 10.1. The molecule has 7 heteroatoms. The van der Waals surface area contributed by atoms with Gasteiger partial charge in [0.25, 0.3) is 0 Å². The number of amides is 2. The van der Waals surface area contributed by atoms with E-state index in [-0.39, 0.29) is 24.0 Å². The van der Waals surface area contributed by atoms with E-state index in [0.717, 1.165) is 13.1 Å². The zero-order valence-corrected chi connectivity index (χ0v) is 13.2. The van der Waals surface area contributed by atoms with Crippen molar-refractivity contribution in [2.75, 3.05) is 52.4 Å². The number of hydrogen-bond donors (Lipinski definition) is 2. The molecule has 0 bridgehead atoms. The van der Waals surface area contributed by atoms with Crippen molar-refractivity contribution in [2.24, 2.45) is 0 Å². The fourth-order valence-corrected chi connectivity index (χ4v) is 2.78. The standard InChI is InChI=1S/C15H26N4O3/c1-3-4-16-13(20)11-18-6-8-19(9-7-18)15(21)14-12(2)22-10-5-17-14/h3,12,14,17H,1,4-11H2,2H3,(H,16,20)/t12-,14+/m1/s1. The lowest BCUT2D eigenvalue weighted by Gasteiger charge is -2.38. The summed E-state index contributed by atoms with van der Waals surface area (Å²) < 4.78 is 5.53. The van der Waals surface area contributed by atoms with Crippen LogP contribution in [0.25, 0.3) is 0 Å². The third kappa shape index (κ3) is 4.53. The third-order valence-corrected chi connectivity index (χ3v) is 4.08. The second kappa shape index (κ2) is 8.26. The largest absolute Gasteiger partial charge is 0.375 e. The molecule has 2 saturated heterocycles. The molecule has 0 saturated carbocycles. The molecule has 2 heterocycles. The SMILES string of the molecule is C=CCNC(=O)CN1CCN(C(=O)[C@H]2NCCO[C@@H]2C)CC1. The van der Waals surface area contributed by atoms with E-state index in [1.165, 1.54) is 0 Å². The van der Waals surface area contributed by atoms with E-state index in [1.54, 1.807) is 6.08 Å². The number of nitrogens with zero attached hydrogens (tertiary/aromatic N) is 2. The maximum Gasteiger partial charge on any atom is 0.242 e. The molecule has 0 radical (unpaired) electrons. The van der Waals surface area contributed by atoms with Crippen LogP contribution in [0, 0.1) is 0 Å². The number of carbonyl (C=O) groups excluding carboxylic acids is 2. The van der Waals surface area contributed by atoms with Crippen LogP contribution in [-0.4, -0.2) is 86.2 Å². The summed E-state index contributed by atoms with van der Waals surface area (Å²) in [6, 6.07) is -0.254. The summed E-state index contributed by atoms with van der Waals surface area (Å²) in [4.78, 5) is 28.1. The molecule has 0 aromatic heterocycles. The van der Waals surface area contributed by atoms with E-state index >= 15 is 0 Å². The zero-order valence-electron chi connectivity index (χ0n) is 13.2. The fourth-order valence-electron chi connectivity index (χ4n) is 2.78. The smallest absolute Gasteiger partial charge is 0.242 e. The van der Waals surface area contributed by atoms with E-state index < -0.39 is 0 Å². The molecule has 0 aromatic rings. The summed E-state index contributed by atoms with van der Waals surface area (Å²) in [5, 5.41) is 5.99. The van der Waals surface area contributed by atoms with Gasteiger partial charge in [0.2, 0.25) is 11.8 Å². The van der Waals surface area contributed by atoms with E-state index in [1.807, 2.05) is 11.8 Å². The van der Waals surface area contributed by atoms with Crippen LogP contribution in [0.1, 0.15) is 6.92 Å². The first kappa shape index (κ1) is 16.9. The van der Waals surface area contributed by atoms with Gasteiger partial charge in [0, 0.05) is 39.3 Å². The molecule has 124 valence electrons. The minimum atomic E-state index is -0.254. The molecule has 2 rings (SSSR count). The van der Waals surface area contributed by atoms with Gasteiger partial charge in [-0.05, 0) is 6.92 Å². The van der Waals surface area contributed by atoms with Crippen LogP contribution in [0.3, 0.4) is 0 Å². The second-order valence-electron chi connectivity index (χ2n) is 5.70. The van der Waals surface area contributed by atoms with E-state index in [0.29, 0.717) is 39.3 Å². The first-order chi connectivity index (χ1) is 10.6. The van der Waals surface area contributed by atoms with Crippen molar-refractivity contribution >= 4 is 11.8 Å². The highest BCUT2D eigenvalue weighted by atomic mass is 16.5. The summed E-state index contributed by atoms with van der Waals surface area (Å²) in [6.07, 6.45) is 1.57. The summed E-state index contributed by atoms with van der Waals surface area (Å²) in [7, 11) is 0. The molecule has 2 atom stereocenters. The zero-order chi connectivity index (χ0) is 15.9. The highest BCUT2D eigenvalue weighted by Crippen LogP contribution is 2.10. The molecule has 2 amide bonds. The Labute approximate surface area is 131 Å². The minimum Gasteiger partial charge on any atom is -0.375 e. The van der Waals surface area contributed by atoms with Crippen LogP contribution in [-0.2, 0) is 14.3 Å². The van der Waals surface area contributed by atoms with Crippen molar-refractivity contribution in [2.45, 2.75) is 19.1 Å². The lowest BCUT2D eigenvalue weighted by Crippen LogP contribution is -2.60. The normalized spacial score (nSPS) is 26.5. The number of piperazine rings is 1. The molecular formula is C15H26N4O3. The molecule has 0 aromatic carbocycles. The predicted octanol–water partition coefficient (Wildman–Crippen LogP) is -1.19. The van der Waals surface area contributed by atoms with Gasteiger partial charge in [0.1, 0.15) is 6.04 Å². The van der Waals surface area contributed by atoms with Crippen LogP contribution in [0.15, 0.2) is 12.7 Å². The third-order valence-electron chi connectivity index (χ3n) is 4.08. The first-order valence-corrected chi connectivity index (χ1v) is 7.85. The number of carbonyl (C=O) groups is 2. The Morgan fingerprint density at radius 1 is 1.36 bits per heavy atom. The van der Waals surface area contributed by atoms with Crippen molar-refractivity contribution in [1.82, 2.24) is 20.4 Å². The van der Waals surface area contributed by atoms with Gasteiger partial charge in [-0.25, -0.2) is 0 Å². The number of morpholine rings is 1. The van der Waals surface area contributed by atoms with Gasteiger partial charge in [-0.2, -0.15) is 0 Å². The summed E-state index contributed by atoms with van der Waals surface area (Å²) in [5.41, 5.74) is 0. The van der Waals surface area contributed by atoms with Crippen LogP contribution in [0.5, 0.6) is 0 Å². The summed E-state index contributed by atoms with van der Waals surface area (Å²) >= 11 is 0. The lowest BCUT2D eigenvalue weighted by molar-refractivity contribution is -0.141. The monoisotopic (exact) mass is 310 g/mol. The molecule has 22 heavy (non-hydrogen) atoms. The van der Waals surface area contributed by atoms with Crippen LogP contribution >= 0.6 is 0 Å². The van der Waals surface area contributed by atoms with Crippen molar-refractivity contribution in [3.05, 3.63) is 12.7 Å². The molecule has 2 aliphatic heterocycles. The van der Waals surface area contributed by atoms with Crippen molar-refractivity contribution < 1.29 is 14.3 Å².